The second-order valence-corrected chi connectivity index (χ2v) is 9.49. The minimum Gasteiger partial charge on any atom is -0.490 e. The van der Waals surface area contributed by atoms with E-state index in [9.17, 15) is 8.42 Å². The fourth-order valence-corrected chi connectivity index (χ4v) is 4.72. The van der Waals surface area contributed by atoms with Gasteiger partial charge in [0.05, 0.1) is 18.1 Å². The molecular weight excluding hydrogens is 418 g/mol. The number of hydrogen-bond acceptors (Lipinski definition) is 8. The van der Waals surface area contributed by atoms with Crippen LogP contribution in [0.1, 0.15) is 31.4 Å². The molecule has 0 aliphatic carbocycles. The number of sulfonamides is 1. The zero-order chi connectivity index (χ0) is 21.7. The van der Waals surface area contributed by atoms with Crippen molar-refractivity contribution in [2.24, 2.45) is 0 Å². The summed E-state index contributed by atoms with van der Waals surface area (Å²) in [6.45, 7) is 5.58. The Bertz CT molecular complexity index is 1010. The highest BCUT2D eigenvalue weighted by molar-refractivity contribution is 7.89. The van der Waals surface area contributed by atoms with Crippen LogP contribution in [0.3, 0.4) is 0 Å². The molecule has 2 aliphatic heterocycles. The molecule has 3 heterocycles. The van der Waals surface area contributed by atoms with Crippen LogP contribution < -0.4 is 24.4 Å². The van der Waals surface area contributed by atoms with Crippen molar-refractivity contribution in [2.45, 2.75) is 37.5 Å². The summed E-state index contributed by atoms with van der Waals surface area (Å²) >= 11 is 0. The smallest absolute Gasteiger partial charge is 0.240 e. The minimum absolute atomic E-state index is 0.149. The predicted octanol–water partition coefficient (Wildman–Crippen LogP) is 2.33. The molecule has 0 unspecified atom stereocenters. The number of fused-ring (bicyclic) bond motifs is 1. The maximum atomic E-state index is 12.7. The summed E-state index contributed by atoms with van der Waals surface area (Å²) < 4.78 is 39.1. The number of hydrogen-bond donors (Lipinski definition) is 2. The first kappa shape index (κ1) is 21.6. The lowest BCUT2D eigenvalue weighted by Crippen LogP contribution is -2.31. The number of ether oxygens (including phenoxy) is 2. The molecule has 0 spiro atoms. The van der Waals surface area contributed by atoms with Gasteiger partial charge in [0, 0.05) is 50.4 Å². The summed E-state index contributed by atoms with van der Waals surface area (Å²) in [6.07, 6.45) is 4.37. The molecule has 2 aliphatic rings. The number of nitrogens with zero attached hydrogens (tertiary/aromatic N) is 3. The second kappa shape index (κ2) is 9.69. The topological polar surface area (TPSA) is 106 Å². The van der Waals surface area contributed by atoms with Gasteiger partial charge in [0.2, 0.25) is 16.0 Å². The molecule has 9 nitrogen and oxygen atoms in total. The van der Waals surface area contributed by atoms with Gasteiger partial charge in [0.15, 0.2) is 11.5 Å². The molecule has 2 N–H and O–H groups in total. The first-order valence-electron chi connectivity index (χ1n) is 10.8. The van der Waals surface area contributed by atoms with Crippen LogP contribution in [0.15, 0.2) is 29.2 Å². The normalized spacial score (nSPS) is 16.6. The Balaban J connectivity index is 1.34. The third-order valence-electron chi connectivity index (χ3n) is 5.25. The summed E-state index contributed by atoms with van der Waals surface area (Å²) in [5, 5.41) is 3.13. The Morgan fingerprint density at radius 1 is 0.968 bits per heavy atom. The minimum atomic E-state index is -3.67. The summed E-state index contributed by atoms with van der Waals surface area (Å²) in [4.78, 5) is 11.4. The van der Waals surface area contributed by atoms with Crippen LogP contribution in [-0.4, -0.2) is 57.8 Å². The molecule has 1 aromatic carbocycles. The van der Waals surface area contributed by atoms with Gasteiger partial charge in [0.25, 0.3) is 0 Å². The van der Waals surface area contributed by atoms with E-state index in [-0.39, 0.29) is 11.4 Å². The molecule has 0 amide bonds. The molecular formula is C21H29N5O4S. The summed E-state index contributed by atoms with van der Waals surface area (Å²) in [5.41, 5.74) is 0.880. The van der Waals surface area contributed by atoms with Gasteiger partial charge in [-0.1, -0.05) is 0 Å². The molecule has 1 saturated heterocycles. The summed E-state index contributed by atoms with van der Waals surface area (Å²) in [5.74, 6) is 2.45. The maximum Gasteiger partial charge on any atom is 0.240 e. The molecule has 31 heavy (non-hydrogen) atoms. The molecule has 0 atom stereocenters. The highest BCUT2D eigenvalue weighted by atomic mass is 32.2. The van der Waals surface area contributed by atoms with Crippen molar-refractivity contribution in [3.05, 3.63) is 30.0 Å². The van der Waals surface area contributed by atoms with Gasteiger partial charge in [-0.05, 0) is 38.3 Å². The third-order valence-corrected chi connectivity index (χ3v) is 6.71. The van der Waals surface area contributed by atoms with Crippen molar-refractivity contribution in [2.75, 3.05) is 49.6 Å². The third kappa shape index (κ3) is 5.56. The van der Waals surface area contributed by atoms with Gasteiger partial charge in [-0.25, -0.2) is 18.1 Å². The van der Waals surface area contributed by atoms with Gasteiger partial charge >= 0.3 is 0 Å². The van der Waals surface area contributed by atoms with E-state index in [4.69, 9.17) is 9.47 Å². The zero-order valence-electron chi connectivity index (χ0n) is 17.8. The second-order valence-electron chi connectivity index (χ2n) is 7.72. The summed E-state index contributed by atoms with van der Waals surface area (Å²) in [6, 6.07) is 6.66. The Morgan fingerprint density at radius 2 is 1.74 bits per heavy atom. The highest BCUT2D eigenvalue weighted by Gasteiger charge is 2.19. The first-order chi connectivity index (χ1) is 15.0. The number of aromatic nitrogens is 2. The van der Waals surface area contributed by atoms with Crippen molar-refractivity contribution < 1.29 is 17.9 Å². The quantitative estimate of drug-likeness (QED) is 0.623. The van der Waals surface area contributed by atoms with Crippen LogP contribution in [0.25, 0.3) is 0 Å². The molecule has 168 valence electrons. The molecule has 0 bridgehead atoms. The van der Waals surface area contributed by atoms with Crippen LogP contribution in [-0.2, 0) is 10.0 Å². The van der Waals surface area contributed by atoms with Crippen molar-refractivity contribution in [3.8, 4) is 11.5 Å². The van der Waals surface area contributed by atoms with Gasteiger partial charge in [-0.15, -0.1) is 0 Å². The first-order valence-corrected chi connectivity index (χ1v) is 12.2. The Hall–Kier alpha value is -2.59. The molecule has 10 heteroatoms. The van der Waals surface area contributed by atoms with Crippen LogP contribution in [0.2, 0.25) is 0 Å². The lowest BCUT2D eigenvalue weighted by atomic mass is 10.1. The van der Waals surface area contributed by atoms with E-state index in [2.05, 4.69) is 24.9 Å². The molecule has 1 fully saturated rings. The number of anilines is 2. The lowest BCUT2D eigenvalue weighted by molar-refractivity contribution is 0.297. The average Bonchev–Trinajstić information content (AvgIpc) is 3.02. The SMILES string of the molecule is Cc1cc(N2CCCCC2)nc(NCCNS(=O)(=O)c2ccc3c(c2)OCCCO3)n1. The van der Waals surface area contributed by atoms with E-state index in [1.165, 1.54) is 31.4 Å². The number of rotatable bonds is 7. The van der Waals surface area contributed by atoms with Crippen molar-refractivity contribution >= 4 is 21.8 Å². The Kier molecular flexibility index (Phi) is 6.77. The predicted molar refractivity (Wildman–Crippen MR) is 119 cm³/mol. The van der Waals surface area contributed by atoms with Gasteiger partial charge in [0.1, 0.15) is 5.82 Å². The van der Waals surface area contributed by atoms with Gasteiger partial charge in [-0.2, -0.15) is 4.98 Å². The number of aryl methyl sites for hydroxylation is 1. The maximum absolute atomic E-state index is 12.7. The van der Waals surface area contributed by atoms with E-state index in [1.807, 2.05) is 13.0 Å². The van der Waals surface area contributed by atoms with Gasteiger partial charge < -0.3 is 19.7 Å². The van der Waals surface area contributed by atoms with E-state index >= 15 is 0 Å². The number of piperidine rings is 1. The summed E-state index contributed by atoms with van der Waals surface area (Å²) in [7, 11) is -3.67. The van der Waals surface area contributed by atoms with Crippen molar-refractivity contribution in [1.29, 1.82) is 0 Å². The largest absolute Gasteiger partial charge is 0.490 e. The van der Waals surface area contributed by atoms with Gasteiger partial charge in [-0.3, -0.25) is 0 Å². The molecule has 1 aromatic heterocycles. The monoisotopic (exact) mass is 447 g/mol. The van der Waals surface area contributed by atoms with Crippen molar-refractivity contribution in [1.82, 2.24) is 14.7 Å². The van der Waals surface area contributed by atoms with Crippen LogP contribution in [0.5, 0.6) is 11.5 Å². The van der Waals surface area contributed by atoms with Crippen LogP contribution in [0.4, 0.5) is 11.8 Å². The fraction of sp³-hybridized carbons (Fsp3) is 0.524. The average molecular weight is 448 g/mol. The molecule has 2 aromatic rings. The molecule has 0 radical (unpaired) electrons. The Morgan fingerprint density at radius 3 is 2.55 bits per heavy atom. The van der Waals surface area contributed by atoms with E-state index < -0.39 is 10.0 Å². The van der Waals surface area contributed by atoms with Crippen LogP contribution >= 0.6 is 0 Å². The Labute approximate surface area is 183 Å². The highest BCUT2D eigenvalue weighted by Crippen LogP contribution is 2.31. The van der Waals surface area contributed by atoms with E-state index in [0.29, 0.717) is 37.2 Å². The molecule has 4 rings (SSSR count). The zero-order valence-corrected chi connectivity index (χ0v) is 18.6. The van der Waals surface area contributed by atoms with Crippen molar-refractivity contribution in [3.63, 3.8) is 0 Å². The fourth-order valence-electron chi connectivity index (χ4n) is 3.67. The van der Waals surface area contributed by atoms with E-state index in [1.54, 1.807) is 6.07 Å². The molecule has 0 saturated carbocycles. The number of nitrogens with one attached hydrogen (secondary N) is 2. The lowest BCUT2D eigenvalue weighted by Gasteiger charge is -2.28. The number of benzene rings is 1. The standard InChI is InChI=1S/C21H29N5O4S/c1-16-14-20(26-10-3-2-4-11-26)25-21(24-16)22-8-9-23-31(27,28)17-6-7-18-19(15-17)30-13-5-12-29-18/h6-7,14-15,23H,2-5,8-13H2,1H3,(H,22,24,25). The van der Waals surface area contributed by atoms with E-state index in [0.717, 1.165) is 31.0 Å². The van der Waals surface area contributed by atoms with Crippen LogP contribution in [0, 0.1) is 6.92 Å².